The molecule has 2 aromatic rings. The number of benzene rings is 2. The van der Waals surface area contributed by atoms with Crippen molar-refractivity contribution in [2.75, 3.05) is 18.1 Å². The molecule has 5 nitrogen and oxygen atoms in total. The van der Waals surface area contributed by atoms with Crippen LogP contribution in [0.4, 0.5) is 0 Å². The Morgan fingerprint density at radius 3 is 2.48 bits per heavy atom. The van der Waals surface area contributed by atoms with Crippen molar-refractivity contribution in [2.45, 2.75) is 44.2 Å². The number of carbonyl (C=O) groups excluding carboxylic acids is 1. The van der Waals surface area contributed by atoms with Gasteiger partial charge in [0.15, 0.2) is 16.4 Å². The van der Waals surface area contributed by atoms with Gasteiger partial charge in [-0.25, -0.2) is 8.42 Å². The third-order valence-electron chi connectivity index (χ3n) is 5.71. The third kappa shape index (κ3) is 3.95. The number of hydrogen-bond acceptors (Lipinski definition) is 4. The Balaban J connectivity index is 1.51. The molecule has 0 radical (unpaired) electrons. The molecule has 0 N–H and O–H groups in total. The summed E-state index contributed by atoms with van der Waals surface area (Å²) in [7, 11) is -3.03. The molecule has 1 aliphatic carbocycles. The fourth-order valence-electron chi connectivity index (χ4n) is 4.42. The standard InChI is InChI=1S/C21H25NO4S/c23-21(14-26-20-11-5-7-16-6-1-4-10-19(16)20)22(17-8-2-3-9-17)18-12-13-27(24,25)15-18/h1,4-7,10-11,17-18H,2-3,8-9,12-15H2/t18-/m1/s1. The van der Waals surface area contributed by atoms with E-state index in [1.165, 1.54) is 0 Å². The highest BCUT2D eigenvalue weighted by Gasteiger charge is 2.39. The summed E-state index contributed by atoms with van der Waals surface area (Å²) in [6.45, 7) is -0.0545. The Morgan fingerprint density at radius 2 is 1.74 bits per heavy atom. The van der Waals surface area contributed by atoms with Crippen molar-refractivity contribution in [1.82, 2.24) is 4.90 Å². The van der Waals surface area contributed by atoms with Crippen LogP contribution in [0, 0.1) is 0 Å². The summed E-state index contributed by atoms with van der Waals surface area (Å²) >= 11 is 0. The largest absolute Gasteiger partial charge is 0.483 e. The number of ether oxygens (including phenoxy) is 1. The minimum absolute atomic E-state index is 0.0545. The molecule has 1 saturated carbocycles. The van der Waals surface area contributed by atoms with Gasteiger partial charge in [-0.2, -0.15) is 0 Å². The van der Waals surface area contributed by atoms with Crippen LogP contribution >= 0.6 is 0 Å². The van der Waals surface area contributed by atoms with Gasteiger partial charge in [-0.3, -0.25) is 4.79 Å². The lowest BCUT2D eigenvalue weighted by atomic mass is 10.1. The lowest BCUT2D eigenvalue weighted by Crippen LogP contribution is -2.48. The molecule has 0 aromatic heterocycles. The maximum atomic E-state index is 13.0. The molecule has 1 heterocycles. The first kappa shape index (κ1) is 18.3. The first-order chi connectivity index (χ1) is 13.0. The van der Waals surface area contributed by atoms with Gasteiger partial charge in [0.2, 0.25) is 0 Å². The van der Waals surface area contributed by atoms with Gasteiger partial charge >= 0.3 is 0 Å². The average Bonchev–Trinajstić information content (AvgIpc) is 3.30. The zero-order valence-corrected chi connectivity index (χ0v) is 16.2. The maximum absolute atomic E-state index is 13.0. The van der Waals surface area contributed by atoms with Gasteiger partial charge in [-0.1, -0.05) is 49.2 Å². The third-order valence-corrected chi connectivity index (χ3v) is 7.46. The molecule has 2 fully saturated rings. The highest BCUT2D eigenvalue weighted by atomic mass is 32.2. The summed E-state index contributed by atoms with van der Waals surface area (Å²) in [6.07, 6.45) is 4.64. The molecular formula is C21H25NO4S. The number of hydrogen-bond donors (Lipinski definition) is 0. The lowest BCUT2D eigenvalue weighted by molar-refractivity contribution is -0.137. The van der Waals surface area contributed by atoms with E-state index >= 15 is 0 Å². The summed E-state index contributed by atoms with van der Waals surface area (Å²) in [5.74, 6) is 0.853. The van der Waals surface area contributed by atoms with Crippen molar-refractivity contribution in [1.29, 1.82) is 0 Å². The first-order valence-corrected chi connectivity index (χ1v) is 11.5. The second-order valence-electron chi connectivity index (χ2n) is 7.56. The number of sulfone groups is 1. The number of amides is 1. The summed E-state index contributed by atoms with van der Waals surface area (Å²) in [4.78, 5) is 14.9. The number of carbonyl (C=O) groups is 1. The highest BCUT2D eigenvalue weighted by molar-refractivity contribution is 7.91. The van der Waals surface area contributed by atoms with Gasteiger partial charge in [-0.15, -0.1) is 0 Å². The summed E-state index contributed by atoms with van der Waals surface area (Å²) in [6, 6.07) is 13.7. The van der Waals surface area contributed by atoms with Gasteiger partial charge < -0.3 is 9.64 Å². The predicted octanol–water partition coefficient (Wildman–Crippen LogP) is 3.18. The Labute approximate surface area is 160 Å². The van der Waals surface area contributed by atoms with Crippen molar-refractivity contribution in [3.8, 4) is 5.75 Å². The Hall–Kier alpha value is -2.08. The predicted molar refractivity (Wildman–Crippen MR) is 106 cm³/mol. The van der Waals surface area contributed by atoms with E-state index in [9.17, 15) is 13.2 Å². The van der Waals surface area contributed by atoms with Gasteiger partial charge in [0.1, 0.15) is 5.75 Å². The fraction of sp³-hybridized carbons (Fsp3) is 0.476. The van der Waals surface area contributed by atoms with Crippen molar-refractivity contribution >= 4 is 26.5 Å². The summed E-state index contributed by atoms with van der Waals surface area (Å²) < 4.78 is 29.8. The zero-order chi connectivity index (χ0) is 18.9. The van der Waals surface area contributed by atoms with Crippen LogP contribution in [0.15, 0.2) is 42.5 Å². The Bertz CT molecular complexity index is 929. The molecule has 4 rings (SSSR count). The van der Waals surface area contributed by atoms with E-state index in [2.05, 4.69) is 0 Å². The molecule has 1 amide bonds. The van der Waals surface area contributed by atoms with Crippen LogP contribution < -0.4 is 4.74 Å². The molecule has 1 aliphatic heterocycles. The molecule has 144 valence electrons. The summed E-state index contributed by atoms with van der Waals surface area (Å²) in [5, 5.41) is 2.04. The number of fused-ring (bicyclic) bond motifs is 1. The minimum atomic E-state index is -3.03. The maximum Gasteiger partial charge on any atom is 0.261 e. The Morgan fingerprint density at radius 1 is 1.00 bits per heavy atom. The number of nitrogens with zero attached hydrogens (tertiary/aromatic N) is 1. The monoisotopic (exact) mass is 387 g/mol. The second-order valence-corrected chi connectivity index (χ2v) is 9.79. The molecule has 27 heavy (non-hydrogen) atoms. The molecule has 0 unspecified atom stereocenters. The van der Waals surface area contributed by atoms with Gasteiger partial charge in [-0.05, 0) is 30.7 Å². The quantitative estimate of drug-likeness (QED) is 0.790. The lowest BCUT2D eigenvalue weighted by Gasteiger charge is -2.34. The van der Waals surface area contributed by atoms with Crippen molar-refractivity contribution in [2.24, 2.45) is 0 Å². The normalized spacial score (nSPS) is 22.1. The van der Waals surface area contributed by atoms with Crippen LogP contribution in [0.2, 0.25) is 0 Å². The van der Waals surface area contributed by atoms with Gasteiger partial charge in [0.05, 0.1) is 11.5 Å². The van der Waals surface area contributed by atoms with E-state index in [1.54, 1.807) is 0 Å². The minimum Gasteiger partial charge on any atom is -0.483 e. The van der Waals surface area contributed by atoms with Crippen LogP contribution in [0.25, 0.3) is 10.8 Å². The zero-order valence-electron chi connectivity index (χ0n) is 15.3. The van der Waals surface area contributed by atoms with E-state index in [0.717, 1.165) is 36.5 Å². The summed E-state index contributed by atoms with van der Waals surface area (Å²) in [5.41, 5.74) is 0. The molecule has 1 atom stereocenters. The molecule has 6 heteroatoms. The molecule has 0 bridgehead atoms. The van der Waals surface area contributed by atoms with E-state index < -0.39 is 9.84 Å². The SMILES string of the molecule is O=C(COc1cccc2ccccc12)N(C1CCCC1)[C@@H]1CCS(=O)(=O)C1. The van der Waals surface area contributed by atoms with Crippen molar-refractivity contribution < 1.29 is 17.9 Å². The van der Waals surface area contributed by atoms with E-state index in [-0.39, 0.29) is 36.1 Å². The Kier molecular flexibility index (Phi) is 5.08. The molecular weight excluding hydrogens is 362 g/mol. The van der Waals surface area contributed by atoms with Gasteiger partial charge in [0, 0.05) is 17.5 Å². The van der Waals surface area contributed by atoms with Crippen molar-refractivity contribution in [3.05, 3.63) is 42.5 Å². The molecule has 1 saturated heterocycles. The molecule has 2 aliphatic rings. The topological polar surface area (TPSA) is 63.7 Å². The van der Waals surface area contributed by atoms with Crippen LogP contribution in [0.5, 0.6) is 5.75 Å². The smallest absolute Gasteiger partial charge is 0.261 e. The highest BCUT2D eigenvalue weighted by Crippen LogP contribution is 2.30. The number of rotatable bonds is 5. The van der Waals surface area contributed by atoms with Crippen LogP contribution in [0.1, 0.15) is 32.1 Å². The van der Waals surface area contributed by atoms with Crippen LogP contribution in [0.3, 0.4) is 0 Å². The van der Waals surface area contributed by atoms with Crippen LogP contribution in [-0.2, 0) is 14.6 Å². The van der Waals surface area contributed by atoms with E-state index in [4.69, 9.17) is 4.74 Å². The molecule has 2 aromatic carbocycles. The van der Waals surface area contributed by atoms with E-state index in [0.29, 0.717) is 12.2 Å². The second kappa shape index (κ2) is 7.50. The first-order valence-electron chi connectivity index (χ1n) is 9.66. The van der Waals surface area contributed by atoms with Gasteiger partial charge in [0.25, 0.3) is 5.91 Å². The van der Waals surface area contributed by atoms with Crippen molar-refractivity contribution in [3.63, 3.8) is 0 Å². The fourth-order valence-corrected chi connectivity index (χ4v) is 6.13. The van der Waals surface area contributed by atoms with Crippen LogP contribution in [-0.4, -0.2) is 49.4 Å². The average molecular weight is 388 g/mol. The molecule has 0 spiro atoms. The van der Waals surface area contributed by atoms with E-state index in [1.807, 2.05) is 47.4 Å².